The Morgan fingerprint density at radius 3 is 2.45 bits per heavy atom. The van der Waals surface area contributed by atoms with Crippen molar-refractivity contribution in [2.24, 2.45) is 11.8 Å². The second-order valence-corrected chi connectivity index (χ2v) is 7.65. The Morgan fingerprint density at radius 1 is 1.10 bits per heavy atom. The maximum Gasteiger partial charge on any atom is 0.294 e. The maximum absolute atomic E-state index is 12.8. The molecule has 8 heteroatoms. The van der Waals surface area contributed by atoms with Gasteiger partial charge in [0.1, 0.15) is 11.4 Å². The van der Waals surface area contributed by atoms with Crippen LogP contribution in [-0.2, 0) is 16.0 Å². The smallest absolute Gasteiger partial charge is 0.294 e. The van der Waals surface area contributed by atoms with Crippen LogP contribution in [0, 0.1) is 22.0 Å². The Morgan fingerprint density at radius 2 is 1.81 bits per heavy atom. The molecule has 2 aromatic carbocycles. The molecule has 2 atom stereocenters. The summed E-state index contributed by atoms with van der Waals surface area (Å²) >= 11 is 0. The lowest BCUT2D eigenvalue weighted by Gasteiger charge is -2.16. The van der Waals surface area contributed by atoms with Crippen LogP contribution in [0.4, 0.5) is 17.1 Å². The van der Waals surface area contributed by atoms with Gasteiger partial charge < -0.3 is 10.1 Å². The number of hydrogen-bond acceptors (Lipinski definition) is 6. The van der Waals surface area contributed by atoms with Gasteiger partial charge in [-0.2, -0.15) is 0 Å². The molecule has 0 unspecified atom stereocenters. The van der Waals surface area contributed by atoms with E-state index >= 15 is 0 Å². The fraction of sp³-hybridized carbons (Fsp3) is 0.304. The third-order valence-corrected chi connectivity index (χ3v) is 5.81. The highest BCUT2D eigenvalue weighted by atomic mass is 16.6. The second-order valence-electron chi connectivity index (χ2n) is 7.65. The summed E-state index contributed by atoms with van der Waals surface area (Å²) < 4.78 is 5.21. The Labute approximate surface area is 179 Å². The number of rotatable bonds is 7. The number of carbonyl (C=O) groups excluding carboxylic acids is 2. The lowest BCUT2D eigenvalue weighted by atomic mass is 9.85. The second kappa shape index (κ2) is 8.59. The summed E-state index contributed by atoms with van der Waals surface area (Å²) in [4.78, 5) is 37.8. The summed E-state index contributed by atoms with van der Waals surface area (Å²) in [7, 11) is 1.60. The summed E-state index contributed by atoms with van der Waals surface area (Å²) in [5.41, 5.74) is 1.46. The van der Waals surface area contributed by atoms with Crippen molar-refractivity contribution < 1.29 is 19.2 Å². The van der Waals surface area contributed by atoms with Crippen molar-refractivity contribution in [1.29, 1.82) is 0 Å². The van der Waals surface area contributed by atoms with Crippen LogP contribution in [0.2, 0.25) is 0 Å². The minimum absolute atomic E-state index is 0.170. The fourth-order valence-electron chi connectivity index (χ4n) is 4.18. The van der Waals surface area contributed by atoms with Crippen molar-refractivity contribution in [3.05, 3.63) is 70.3 Å². The van der Waals surface area contributed by atoms with E-state index in [4.69, 9.17) is 4.74 Å². The Balaban J connectivity index is 1.51. The van der Waals surface area contributed by atoms with Crippen LogP contribution in [0.3, 0.4) is 0 Å². The maximum atomic E-state index is 12.8. The zero-order chi connectivity index (χ0) is 22.0. The van der Waals surface area contributed by atoms with E-state index in [-0.39, 0.29) is 35.0 Å². The summed E-state index contributed by atoms with van der Waals surface area (Å²) in [6.07, 6.45) is 5.52. The van der Waals surface area contributed by atoms with Crippen LogP contribution < -0.4 is 15.0 Å². The van der Waals surface area contributed by atoms with Crippen molar-refractivity contribution in [1.82, 2.24) is 0 Å². The predicted octanol–water partition coefficient (Wildman–Crippen LogP) is 3.71. The zero-order valence-electron chi connectivity index (χ0n) is 17.1. The third-order valence-electron chi connectivity index (χ3n) is 5.81. The molecule has 0 bridgehead atoms. The molecule has 0 aromatic heterocycles. The molecule has 160 valence electrons. The Kier molecular flexibility index (Phi) is 5.70. The van der Waals surface area contributed by atoms with Crippen molar-refractivity contribution in [2.75, 3.05) is 23.9 Å². The molecule has 2 amide bonds. The SMILES string of the molecule is COc1cccc(CCNc2ccc(N3C(=O)[C@H]4CC=CC[C@@H]4C3=O)cc2[N+](=O)[O-])c1. The van der Waals surface area contributed by atoms with Gasteiger partial charge in [0.25, 0.3) is 5.69 Å². The highest BCUT2D eigenvalue weighted by molar-refractivity contribution is 6.22. The summed E-state index contributed by atoms with van der Waals surface area (Å²) in [6.45, 7) is 0.477. The van der Waals surface area contributed by atoms with Crippen LogP contribution in [0.25, 0.3) is 0 Å². The summed E-state index contributed by atoms with van der Waals surface area (Å²) in [5, 5.41) is 14.8. The van der Waals surface area contributed by atoms with E-state index in [1.54, 1.807) is 19.2 Å². The highest BCUT2D eigenvalue weighted by Crippen LogP contribution is 2.39. The molecule has 1 aliphatic carbocycles. The lowest BCUT2D eigenvalue weighted by molar-refractivity contribution is -0.383. The van der Waals surface area contributed by atoms with Crippen molar-refractivity contribution >= 4 is 28.9 Å². The minimum Gasteiger partial charge on any atom is -0.497 e. The molecule has 2 aromatic rings. The molecular formula is C23H23N3O5. The van der Waals surface area contributed by atoms with Crippen molar-refractivity contribution in [2.45, 2.75) is 19.3 Å². The molecule has 4 rings (SSSR count). The van der Waals surface area contributed by atoms with Gasteiger partial charge in [0, 0.05) is 12.6 Å². The molecular weight excluding hydrogens is 398 g/mol. The number of ether oxygens (including phenoxy) is 1. The molecule has 0 saturated carbocycles. The number of methoxy groups -OCH3 is 1. The quantitative estimate of drug-likeness (QED) is 0.316. The number of nitrogens with one attached hydrogen (secondary N) is 1. The molecule has 2 aliphatic rings. The van der Waals surface area contributed by atoms with Crippen LogP contribution >= 0.6 is 0 Å². The largest absolute Gasteiger partial charge is 0.497 e. The first-order chi connectivity index (χ1) is 15.0. The molecule has 1 aliphatic heterocycles. The van der Waals surface area contributed by atoms with Gasteiger partial charge in [0.05, 0.1) is 29.6 Å². The van der Waals surface area contributed by atoms with E-state index in [1.807, 2.05) is 36.4 Å². The van der Waals surface area contributed by atoms with Crippen LogP contribution in [0.5, 0.6) is 5.75 Å². The number of anilines is 2. The Hall–Kier alpha value is -3.68. The number of nitrogens with zero attached hydrogens (tertiary/aromatic N) is 2. The highest BCUT2D eigenvalue weighted by Gasteiger charge is 2.48. The zero-order valence-corrected chi connectivity index (χ0v) is 17.1. The van der Waals surface area contributed by atoms with Crippen LogP contribution in [0.15, 0.2) is 54.6 Å². The predicted molar refractivity (Wildman–Crippen MR) is 116 cm³/mol. The van der Waals surface area contributed by atoms with E-state index in [0.29, 0.717) is 31.5 Å². The molecule has 31 heavy (non-hydrogen) atoms. The van der Waals surface area contributed by atoms with Gasteiger partial charge in [-0.1, -0.05) is 24.3 Å². The fourth-order valence-corrected chi connectivity index (χ4v) is 4.18. The standard InChI is InChI=1S/C23H23N3O5/c1-31-17-6-4-5-15(13-17)11-12-24-20-10-9-16(14-21(20)26(29)30)25-22(27)18-7-2-3-8-19(18)23(25)28/h2-6,9-10,13-14,18-19,24H,7-8,11-12H2,1H3/t18-,19-/m0/s1. The van der Waals surface area contributed by atoms with Gasteiger partial charge in [0.15, 0.2) is 0 Å². The lowest BCUT2D eigenvalue weighted by Crippen LogP contribution is -2.30. The minimum atomic E-state index is -0.503. The molecule has 0 spiro atoms. The number of nitro groups is 1. The van der Waals surface area contributed by atoms with Gasteiger partial charge in [0.2, 0.25) is 11.8 Å². The number of fused-ring (bicyclic) bond motifs is 1. The Bertz CT molecular complexity index is 1040. The molecule has 1 N–H and O–H groups in total. The van der Waals surface area contributed by atoms with E-state index in [0.717, 1.165) is 16.2 Å². The van der Waals surface area contributed by atoms with E-state index in [9.17, 15) is 19.7 Å². The van der Waals surface area contributed by atoms with E-state index in [1.165, 1.54) is 6.07 Å². The van der Waals surface area contributed by atoms with Gasteiger partial charge in [-0.3, -0.25) is 19.7 Å². The number of benzene rings is 2. The number of allylic oxidation sites excluding steroid dienone is 2. The van der Waals surface area contributed by atoms with Gasteiger partial charge in [-0.15, -0.1) is 0 Å². The van der Waals surface area contributed by atoms with Crippen LogP contribution in [-0.4, -0.2) is 30.4 Å². The molecule has 0 radical (unpaired) electrons. The summed E-state index contributed by atoms with van der Waals surface area (Å²) in [6, 6.07) is 12.1. The van der Waals surface area contributed by atoms with Crippen LogP contribution in [0.1, 0.15) is 18.4 Å². The third kappa shape index (κ3) is 4.01. The first-order valence-corrected chi connectivity index (χ1v) is 10.2. The first kappa shape index (κ1) is 20.6. The van der Waals surface area contributed by atoms with Gasteiger partial charge in [-0.25, -0.2) is 4.90 Å². The molecule has 1 saturated heterocycles. The number of nitro benzene ring substituents is 1. The number of hydrogen-bond donors (Lipinski definition) is 1. The van der Waals surface area contributed by atoms with Gasteiger partial charge in [-0.05, 0) is 49.1 Å². The normalized spacial score (nSPS) is 20.0. The van der Waals surface area contributed by atoms with E-state index in [2.05, 4.69) is 5.32 Å². The number of imide groups is 1. The molecule has 1 fully saturated rings. The molecule has 1 heterocycles. The average molecular weight is 421 g/mol. The molecule has 8 nitrogen and oxygen atoms in total. The topological polar surface area (TPSA) is 102 Å². The van der Waals surface area contributed by atoms with Crippen molar-refractivity contribution in [3.63, 3.8) is 0 Å². The number of carbonyl (C=O) groups is 2. The number of amides is 2. The van der Waals surface area contributed by atoms with Crippen molar-refractivity contribution in [3.8, 4) is 5.75 Å². The van der Waals surface area contributed by atoms with E-state index < -0.39 is 4.92 Å². The first-order valence-electron chi connectivity index (χ1n) is 10.2. The summed E-state index contributed by atoms with van der Waals surface area (Å²) in [5.74, 6) is -0.572. The average Bonchev–Trinajstić information content (AvgIpc) is 3.04. The van der Waals surface area contributed by atoms with Gasteiger partial charge >= 0.3 is 0 Å². The monoisotopic (exact) mass is 421 g/mol.